The van der Waals surface area contributed by atoms with Gasteiger partial charge < -0.3 is 9.64 Å². The quantitative estimate of drug-likeness (QED) is 0.322. The van der Waals surface area contributed by atoms with E-state index in [9.17, 15) is 4.79 Å². The fourth-order valence-corrected chi connectivity index (χ4v) is 6.16. The summed E-state index contributed by atoms with van der Waals surface area (Å²) in [4.78, 5) is 18.3. The van der Waals surface area contributed by atoms with Crippen LogP contribution in [0.5, 0.6) is 5.75 Å². The second kappa shape index (κ2) is 9.30. The molecule has 0 saturated carbocycles. The van der Waals surface area contributed by atoms with Crippen molar-refractivity contribution in [1.29, 1.82) is 0 Å². The van der Waals surface area contributed by atoms with Crippen LogP contribution < -0.4 is 4.74 Å². The first kappa shape index (κ1) is 23.0. The third-order valence-electron chi connectivity index (χ3n) is 8.08. The Labute approximate surface area is 222 Å². The second-order valence-corrected chi connectivity index (χ2v) is 10.3. The predicted octanol–water partition coefficient (Wildman–Crippen LogP) is 5.41. The van der Waals surface area contributed by atoms with Gasteiger partial charge >= 0.3 is 0 Å². The van der Waals surface area contributed by atoms with Crippen LogP contribution in [0.25, 0.3) is 21.5 Å². The number of carbonyl (C=O) groups excluding carboxylic acids is 1. The maximum absolute atomic E-state index is 13.8. The number of hydrogen-bond acceptors (Lipinski definition) is 4. The van der Waals surface area contributed by atoms with Crippen LogP contribution in [0.3, 0.4) is 0 Å². The fourth-order valence-electron chi connectivity index (χ4n) is 6.16. The molecule has 6 nitrogen and oxygen atoms in total. The molecule has 0 aliphatic carbocycles. The Bertz CT molecular complexity index is 1680. The van der Waals surface area contributed by atoms with Gasteiger partial charge in [0, 0.05) is 50.1 Å². The Kier molecular flexibility index (Phi) is 5.63. The highest BCUT2D eigenvalue weighted by molar-refractivity contribution is 5.95. The van der Waals surface area contributed by atoms with Gasteiger partial charge in [0.1, 0.15) is 11.4 Å². The summed E-state index contributed by atoms with van der Waals surface area (Å²) in [7, 11) is 1.72. The Balaban J connectivity index is 1.16. The zero-order valence-corrected chi connectivity index (χ0v) is 21.6. The van der Waals surface area contributed by atoms with Gasteiger partial charge in [-0.2, -0.15) is 5.10 Å². The summed E-state index contributed by atoms with van der Waals surface area (Å²) in [6.07, 6.45) is 0.861. The van der Waals surface area contributed by atoms with Gasteiger partial charge in [0.25, 0.3) is 5.91 Å². The molecule has 0 fully saturated rings. The van der Waals surface area contributed by atoms with Crippen molar-refractivity contribution in [3.8, 4) is 5.75 Å². The zero-order chi connectivity index (χ0) is 25.6. The van der Waals surface area contributed by atoms with Gasteiger partial charge in [0.2, 0.25) is 0 Å². The standard InChI is InChI=1S/C32H30N4O2/c1-38-30-14-13-24(26-11-4-5-12-27(26)30)19-34-16-15-29-28(21-34)31-32(37)35(17-18-36(31)33-29)20-23-9-6-8-22-7-2-3-10-25(22)23/h2-14H,15-21H2,1H3. The minimum Gasteiger partial charge on any atom is -0.496 e. The van der Waals surface area contributed by atoms with Crippen molar-refractivity contribution in [2.45, 2.75) is 32.6 Å². The van der Waals surface area contributed by atoms with E-state index < -0.39 is 0 Å². The van der Waals surface area contributed by atoms with Crippen molar-refractivity contribution in [1.82, 2.24) is 19.6 Å². The van der Waals surface area contributed by atoms with Crippen LogP contribution in [0.2, 0.25) is 0 Å². The van der Waals surface area contributed by atoms with Crippen molar-refractivity contribution in [2.75, 3.05) is 20.2 Å². The maximum atomic E-state index is 13.8. The molecule has 1 aromatic heterocycles. The normalized spacial score (nSPS) is 15.6. The van der Waals surface area contributed by atoms with E-state index in [1.165, 1.54) is 27.3 Å². The highest BCUT2D eigenvalue weighted by Gasteiger charge is 2.33. The van der Waals surface area contributed by atoms with Gasteiger partial charge in [-0.25, -0.2) is 0 Å². The minimum atomic E-state index is 0.0923. The fraction of sp³-hybridized carbons (Fsp3) is 0.250. The number of hydrogen-bond donors (Lipinski definition) is 0. The van der Waals surface area contributed by atoms with Crippen LogP contribution in [-0.2, 0) is 32.6 Å². The lowest BCUT2D eigenvalue weighted by Crippen LogP contribution is -2.41. The number of benzene rings is 4. The SMILES string of the molecule is COc1ccc(CN2CCc3nn4c(c3C2)C(=O)N(Cc2cccc3ccccc23)CC4)c2ccccc12. The van der Waals surface area contributed by atoms with E-state index in [0.29, 0.717) is 13.1 Å². The third kappa shape index (κ3) is 3.84. The van der Waals surface area contributed by atoms with Crippen molar-refractivity contribution < 1.29 is 9.53 Å². The Morgan fingerprint density at radius 2 is 1.55 bits per heavy atom. The van der Waals surface area contributed by atoms with Crippen LogP contribution in [0.15, 0.2) is 78.9 Å². The lowest BCUT2D eigenvalue weighted by molar-refractivity contribution is 0.0681. The molecule has 0 atom stereocenters. The summed E-state index contributed by atoms with van der Waals surface area (Å²) in [6, 6.07) is 27.4. The predicted molar refractivity (Wildman–Crippen MR) is 149 cm³/mol. The summed E-state index contributed by atoms with van der Waals surface area (Å²) >= 11 is 0. The number of nitrogens with zero attached hydrogens (tertiary/aromatic N) is 4. The van der Waals surface area contributed by atoms with Crippen LogP contribution in [0.1, 0.15) is 32.9 Å². The Morgan fingerprint density at radius 3 is 2.42 bits per heavy atom. The molecule has 0 N–H and O–H groups in total. The van der Waals surface area contributed by atoms with Crippen molar-refractivity contribution in [3.05, 3.63) is 107 Å². The first-order chi connectivity index (χ1) is 18.7. The summed E-state index contributed by atoms with van der Waals surface area (Å²) in [5.74, 6) is 0.988. The van der Waals surface area contributed by atoms with Crippen LogP contribution in [0.4, 0.5) is 0 Å². The van der Waals surface area contributed by atoms with Crippen molar-refractivity contribution in [2.24, 2.45) is 0 Å². The summed E-state index contributed by atoms with van der Waals surface area (Å²) < 4.78 is 7.55. The van der Waals surface area contributed by atoms with Crippen LogP contribution in [0, 0.1) is 0 Å². The van der Waals surface area contributed by atoms with E-state index in [0.717, 1.165) is 60.7 Å². The topological polar surface area (TPSA) is 50.6 Å². The Hall–Kier alpha value is -4.16. The monoisotopic (exact) mass is 502 g/mol. The van der Waals surface area contributed by atoms with Gasteiger partial charge in [-0.05, 0) is 33.4 Å². The summed E-state index contributed by atoms with van der Waals surface area (Å²) in [5.41, 5.74) is 5.41. The molecule has 2 aliphatic rings. The molecular weight excluding hydrogens is 472 g/mol. The van der Waals surface area contributed by atoms with Crippen LogP contribution >= 0.6 is 0 Å². The first-order valence-corrected chi connectivity index (χ1v) is 13.3. The maximum Gasteiger partial charge on any atom is 0.272 e. The molecule has 5 aromatic rings. The molecule has 3 heterocycles. The summed E-state index contributed by atoms with van der Waals surface area (Å²) in [6.45, 7) is 4.51. The minimum absolute atomic E-state index is 0.0923. The molecule has 0 radical (unpaired) electrons. The van der Waals surface area contributed by atoms with Crippen molar-refractivity contribution >= 4 is 27.5 Å². The lowest BCUT2D eigenvalue weighted by atomic mass is 10.00. The second-order valence-electron chi connectivity index (χ2n) is 10.3. The lowest BCUT2D eigenvalue weighted by Gasteiger charge is -2.30. The molecule has 4 aromatic carbocycles. The van der Waals surface area contributed by atoms with Gasteiger partial charge in [-0.3, -0.25) is 14.4 Å². The number of aromatic nitrogens is 2. The molecular formula is C32H30N4O2. The number of rotatable bonds is 5. The molecule has 190 valence electrons. The smallest absolute Gasteiger partial charge is 0.272 e. The average Bonchev–Trinajstić information content (AvgIpc) is 3.33. The molecule has 0 unspecified atom stereocenters. The van der Waals surface area contributed by atoms with E-state index in [-0.39, 0.29) is 5.91 Å². The highest BCUT2D eigenvalue weighted by Crippen LogP contribution is 2.32. The van der Waals surface area contributed by atoms with Gasteiger partial charge in [-0.1, -0.05) is 72.8 Å². The van der Waals surface area contributed by atoms with E-state index in [1.807, 2.05) is 9.58 Å². The molecule has 38 heavy (non-hydrogen) atoms. The number of amides is 1. The largest absolute Gasteiger partial charge is 0.496 e. The molecule has 6 heteroatoms. The van der Waals surface area contributed by atoms with E-state index >= 15 is 0 Å². The average molecular weight is 503 g/mol. The molecule has 2 aliphatic heterocycles. The summed E-state index contributed by atoms with van der Waals surface area (Å²) in [5, 5.41) is 9.64. The van der Waals surface area contributed by atoms with E-state index in [1.54, 1.807) is 7.11 Å². The molecule has 7 rings (SSSR count). The first-order valence-electron chi connectivity index (χ1n) is 13.3. The molecule has 0 spiro atoms. The van der Waals surface area contributed by atoms with Crippen LogP contribution in [-0.4, -0.2) is 45.7 Å². The third-order valence-corrected chi connectivity index (χ3v) is 8.08. The zero-order valence-electron chi connectivity index (χ0n) is 21.6. The van der Waals surface area contributed by atoms with Gasteiger partial charge in [-0.15, -0.1) is 0 Å². The number of methoxy groups -OCH3 is 1. The molecule has 1 amide bonds. The molecule has 0 saturated heterocycles. The highest BCUT2D eigenvalue weighted by atomic mass is 16.5. The van der Waals surface area contributed by atoms with E-state index in [2.05, 4.69) is 83.8 Å². The number of fused-ring (bicyclic) bond motifs is 5. The molecule has 0 bridgehead atoms. The van der Waals surface area contributed by atoms with Crippen molar-refractivity contribution in [3.63, 3.8) is 0 Å². The van der Waals surface area contributed by atoms with Gasteiger partial charge in [0.15, 0.2) is 0 Å². The van der Waals surface area contributed by atoms with Gasteiger partial charge in [0.05, 0.1) is 19.3 Å². The van der Waals surface area contributed by atoms with E-state index in [4.69, 9.17) is 9.84 Å². The number of ether oxygens (including phenoxy) is 1. The Morgan fingerprint density at radius 1 is 0.789 bits per heavy atom. The number of carbonyl (C=O) groups is 1.